The number of benzene rings is 2. The molecule has 7 nitrogen and oxygen atoms in total. The van der Waals surface area contributed by atoms with E-state index < -0.39 is 18.2 Å². The number of nitrogens with one attached hydrogen (secondary N) is 3. The van der Waals surface area contributed by atoms with Crippen LogP contribution in [0.1, 0.15) is 17.5 Å². The predicted molar refractivity (Wildman–Crippen MR) is 117 cm³/mol. The van der Waals surface area contributed by atoms with Crippen molar-refractivity contribution in [1.29, 1.82) is 0 Å². The van der Waals surface area contributed by atoms with Crippen LogP contribution in [0.25, 0.3) is 0 Å². The maximum absolute atomic E-state index is 13.0. The smallest absolute Gasteiger partial charge is 0.251 e. The van der Waals surface area contributed by atoms with Gasteiger partial charge in [-0.25, -0.2) is 0 Å². The van der Waals surface area contributed by atoms with Crippen LogP contribution in [0.4, 0.5) is 0 Å². The van der Waals surface area contributed by atoms with Crippen LogP contribution in [0.3, 0.4) is 0 Å². The van der Waals surface area contributed by atoms with E-state index in [0.717, 1.165) is 17.4 Å². The van der Waals surface area contributed by atoms with Gasteiger partial charge in [0, 0.05) is 19.5 Å². The van der Waals surface area contributed by atoms with Crippen LogP contribution in [0.5, 0.6) is 0 Å². The Balaban J connectivity index is 1.63. The van der Waals surface area contributed by atoms with Gasteiger partial charge in [-0.3, -0.25) is 9.59 Å². The summed E-state index contributed by atoms with van der Waals surface area (Å²) >= 11 is 0. The van der Waals surface area contributed by atoms with Crippen molar-refractivity contribution in [2.24, 2.45) is 0 Å². The molecule has 0 aliphatic carbocycles. The molecule has 1 aliphatic heterocycles. The molecule has 1 fully saturated rings. The average Bonchev–Trinajstić information content (AvgIpc) is 2.83. The van der Waals surface area contributed by atoms with Gasteiger partial charge in [0.2, 0.25) is 5.91 Å². The summed E-state index contributed by atoms with van der Waals surface area (Å²) in [5, 5.41) is 8.70. The number of hydrogen-bond acceptors (Lipinski definition) is 5. The number of amides is 2. The fraction of sp³-hybridized carbons (Fsp3) is 0.375. The molecule has 0 spiro atoms. The molecule has 2 amide bonds. The summed E-state index contributed by atoms with van der Waals surface area (Å²) in [5.74, 6) is -0.721. The van der Waals surface area contributed by atoms with E-state index in [2.05, 4.69) is 16.0 Å². The van der Waals surface area contributed by atoms with E-state index in [1.165, 1.54) is 0 Å². The molecule has 3 atom stereocenters. The molecule has 1 heterocycles. The second kappa shape index (κ2) is 12.0. The average molecular weight is 424 g/mol. The van der Waals surface area contributed by atoms with E-state index in [1.807, 2.05) is 60.7 Å². The summed E-state index contributed by atoms with van der Waals surface area (Å²) in [5.41, 5.74) is 2.01. The summed E-state index contributed by atoms with van der Waals surface area (Å²) in [7, 11) is 0. The zero-order valence-corrected chi connectivity index (χ0v) is 17.5. The highest BCUT2D eigenvalue weighted by atomic mass is 16.5. The molecule has 7 heteroatoms. The predicted octanol–water partition coefficient (Wildman–Crippen LogP) is 1.02. The number of aryl methyl sites for hydroxylation is 1. The van der Waals surface area contributed by atoms with Gasteiger partial charge in [-0.1, -0.05) is 60.7 Å². The Hall–Kier alpha value is -3.03. The molecule has 1 unspecified atom stereocenters. The van der Waals surface area contributed by atoms with Crippen molar-refractivity contribution in [1.82, 2.24) is 16.0 Å². The van der Waals surface area contributed by atoms with Crippen molar-refractivity contribution < 1.29 is 19.1 Å². The Morgan fingerprint density at radius 1 is 1.03 bits per heavy atom. The fourth-order valence-corrected chi connectivity index (χ4v) is 3.48. The van der Waals surface area contributed by atoms with Gasteiger partial charge in [0.15, 0.2) is 0 Å². The Labute approximate surface area is 182 Å². The van der Waals surface area contributed by atoms with Crippen LogP contribution in [-0.4, -0.2) is 56.0 Å². The normalized spacial score (nSPS) is 17.9. The summed E-state index contributed by atoms with van der Waals surface area (Å²) in [6.45, 7) is 1.54. The van der Waals surface area contributed by atoms with Crippen LogP contribution in [0.15, 0.2) is 60.7 Å². The largest absolute Gasteiger partial charge is 0.366 e. The quantitative estimate of drug-likeness (QED) is 0.496. The number of carbonyl (C=O) groups excluding carboxylic acids is 3. The van der Waals surface area contributed by atoms with Gasteiger partial charge in [-0.2, -0.15) is 0 Å². The second-order valence-corrected chi connectivity index (χ2v) is 7.59. The number of carbonyl (C=O) groups is 3. The number of aldehydes is 1. The molecule has 31 heavy (non-hydrogen) atoms. The number of morpholine rings is 1. The van der Waals surface area contributed by atoms with Gasteiger partial charge in [-0.15, -0.1) is 0 Å². The zero-order chi connectivity index (χ0) is 21.9. The molecule has 0 radical (unpaired) electrons. The van der Waals surface area contributed by atoms with Gasteiger partial charge in [0.25, 0.3) is 5.91 Å². The van der Waals surface area contributed by atoms with Crippen LogP contribution in [0.2, 0.25) is 0 Å². The number of rotatable bonds is 10. The van der Waals surface area contributed by atoms with Gasteiger partial charge in [0.05, 0.1) is 12.6 Å². The molecule has 1 aliphatic rings. The Bertz CT molecular complexity index is 838. The van der Waals surface area contributed by atoms with Crippen molar-refractivity contribution in [3.05, 3.63) is 71.8 Å². The number of ether oxygens (including phenoxy) is 1. The summed E-state index contributed by atoms with van der Waals surface area (Å²) in [4.78, 5) is 37.2. The lowest BCUT2D eigenvalue weighted by Crippen LogP contribution is -2.55. The molecule has 2 aromatic carbocycles. The maximum atomic E-state index is 13.0. The molecule has 0 bridgehead atoms. The molecule has 0 saturated carbocycles. The third-order valence-corrected chi connectivity index (χ3v) is 5.21. The minimum Gasteiger partial charge on any atom is -0.366 e. The minimum absolute atomic E-state index is 0.322. The lowest BCUT2D eigenvalue weighted by atomic mass is 10.0. The fourth-order valence-electron chi connectivity index (χ4n) is 3.48. The second-order valence-electron chi connectivity index (χ2n) is 7.59. The molecule has 2 aromatic rings. The summed E-state index contributed by atoms with van der Waals surface area (Å²) < 4.78 is 5.50. The summed E-state index contributed by atoms with van der Waals surface area (Å²) in [6.07, 6.45) is 1.59. The van der Waals surface area contributed by atoms with Gasteiger partial charge in [-0.05, 0) is 24.0 Å². The van der Waals surface area contributed by atoms with Crippen molar-refractivity contribution in [2.45, 2.75) is 37.5 Å². The van der Waals surface area contributed by atoms with E-state index in [9.17, 15) is 14.4 Å². The van der Waals surface area contributed by atoms with Crippen LogP contribution < -0.4 is 16.0 Å². The minimum atomic E-state index is -0.806. The van der Waals surface area contributed by atoms with Gasteiger partial charge < -0.3 is 25.5 Å². The van der Waals surface area contributed by atoms with E-state index in [1.54, 1.807) is 0 Å². The van der Waals surface area contributed by atoms with Gasteiger partial charge >= 0.3 is 0 Å². The lowest BCUT2D eigenvalue weighted by molar-refractivity contribution is -0.138. The third-order valence-electron chi connectivity index (χ3n) is 5.21. The first-order chi connectivity index (χ1) is 15.2. The van der Waals surface area contributed by atoms with Crippen molar-refractivity contribution in [2.75, 3.05) is 19.7 Å². The number of hydrogen-bond donors (Lipinski definition) is 3. The standard InChI is InChI=1S/C24H29N3O4/c28-17-20(12-11-18-7-3-1-4-8-18)26-23(29)21(15-19-9-5-2-6-10-19)27-24(30)22-16-25-13-14-31-22/h1-10,17,20-22,25H,11-16H2,(H,26,29)(H,27,30)/t20-,21-,22?/m0/s1. The zero-order valence-electron chi connectivity index (χ0n) is 17.5. The molecular weight excluding hydrogens is 394 g/mol. The Morgan fingerprint density at radius 2 is 1.71 bits per heavy atom. The molecule has 164 valence electrons. The first kappa shape index (κ1) is 22.7. The highest BCUT2D eigenvalue weighted by Gasteiger charge is 2.28. The van der Waals surface area contributed by atoms with Gasteiger partial charge in [0.1, 0.15) is 18.4 Å². The highest BCUT2D eigenvalue weighted by molar-refractivity contribution is 5.90. The molecule has 3 rings (SSSR count). The van der Waals surface area contributed by atoms with E-state index in [0.29, 0.717) is 39.0 Å². The van der Waals surface area contributed by atoms with Crippen molar-refractivity contribution >= 4 is 18.1 Å². The van der Waals surface area contributed by atoms with Crippen LogP contribution in [-0.2, 0) is 32.0 Å². The molecular formula is C24H29N3O4. The monoisotopic (exact) mass is 423 g/mol. The Kier molecular flexibility index (Phi) is 8.75. The Morgan fingerprint density at radius 3 is 2.32 bits per heavy atom. The molecule has 3 N–H and O–H groups in total. The van der Waals surface area contributed by atoms with Crippen molar-refractivity contribution in [3.8, 4) is 0 Å². The topological polar surface area (TPSA) is 96.5 Å². The molecule has 0 aromatic heterocycles. The third kappa shape index (κ3) is 7.31. The highest BCUT2D eigenvalue weighted by Crippen LogP contribution is 2.08. The van der Waals surface area contributed by atoms with E-state index >= 15 is 0 Å². The van der Waals surface area contributed by atoms with Crippen LogP contribution in [0, 0.1) is 0 Å². The lowest BCUT2D eigenvalue weighted by Gasteiger charge is -2.26. The first-order valence-corrected chi connectivity index (χ1v) is 10.6. The summed E-state index contributed by atoms with van der Waals surface area (Å²) in [6, 6.07) is 17.8. The van der Waals surface area contributed by atoms with E-state index in [-0.39, 0.29) is 11.8 Å². The first-order valence-electron chi connectivity index (χ1n) is 10.6. The van der Waals surface area contributed by atoms with E-state index in [4.69, 9.17) is 4.74 Å². The van der Waals surface area contributed by atoms with Crippen molar-refractivity contribution in [3.63, 3.8) is 0 Å². The maximum Gasteiger partial charge on any atom is 0.251 e. The SMILES string of the molecule is O=C[C@H](CCc1ccccc1)NC(=O)[C@H](Cc1ccccc1)NC(=O)C1CNCCO1. The molecule has 1 saturated heterocycles. The van der Waals surface area contributed by atoms with Crippen LogP contribution >= 0.6 is 0 Å².